The first kappa shape index (κ1) is 32.0. The Morgan fingerprint density at radius 3 is 1.79 bits per heavy atom. The zero-order valence-electron chi connectivity index (χ0n) is 24.7. The highest BCUT2D eigenvalue weighted by molar-refractivity contribution is 5.72. The van der Waals surface area contributed by atoms with Crippen molar-refractivity contribution in [2.24, 2.45) is 0 Å². The minimum atomic E-state index is -1.04. The molecule has 0 amide bonds. The Labute approximate surface area is 247 Å². The van der Waals surface area contributed by atoms with E-state index in [1.54, 1.807) is 30.3 Å². The highest BCUT2D eigenvalue weighted by atomic mass is 19.2. The van der Waals surface area contributed by atoms with Crippen LogP contribution >= 0.6 is 0 Å². The van der Waals surface area contributed by atoms with Crippen molar-refractivity contribution in [1.29, 1.82) is 0 Å². The van der Waals surface area contributed by atoms with Crippen molar-refractivity contribution in [2.75, 3.05) is 19.8 Å². The Morgan fingerprint density at radius 1 is 0.619 bits per heavy atom. The van der Waals surface area contributed by atoms with E-state index in [-0.39, 0.29) is 41.9 Å². The van der Waals surface area contributed by atoms with Gasteiger partial charge in [-0.25, -0.2) is 13.2 Å². The Balaban J connectivity index is 1.38. The van der Waals surface area contributed by atoms with Crippen LogP contribution in [-0.2, 0) is 9.47 Å². The molecule has 0 N–H and O–H groups in total. The van der Waals surface area contributed by atoms with Crippen LogP contribution in [0.1, 0.15) is 89.5 Å². The van der Waals surface area contributed by atoms with Crippen molar-refractivity contribution in [3.05, 3.63) is 77.4 Å². The quantitative estimate of drug-likeness (QED) is 0.131. The van der Waals surface area contributed by atoms with Crippen LogP contribution in [0, 0.1) is 23.3 Å². The number of hydrogen-bond donors (Lipinski definition) is 0. The molecule has 0 saturated carbocycles. The van der Waals surface area contributed by atoms with Crippen LogP contribution in [0.2, 0.25) is 0 Å². The lowest BCUT2D eigenvalue weighted by Gasteiger charge is -2.30. The van der Waals surface area contributed by atoms with E-state index in [0.717, 1.165) is 44.9 Å². The zero-order chi connectivity index (χ0) is 29.9. The molecule has 1 aliphatic heterocycles. The monoisotopic (exact) mass is 586 g/mol. The third-order valence-electron chi connectivity index (χ3n) is 7.87. The molecule has 1 fully saturated rings. The maximum atomic E-state index is 15.2. The van der Waals surface area contributed by atoms with Crippen LogP contribution < -0.4 is 4.74 Å². The molecule has 0 aliphatic carbocycles. The largest absolute Gasteiger partial charge is 0.490 e. The highest BCUT2D eigenvalue weighted by Gasteiger charge is 2.27. The number of ether oxygens (including phenoxy) is 3. The van der Waals surface area contributed by atoms with E-state index < -0.39 is 29.2 Å². The Morgan fingerprint density at radius 2 is 1.17 bits per heavy atom. The van der Waals surface area contributed by atoms with Crippen LogP contribution in [0.15, 0.2) is 48.5 Å². The molecule has 0 radical (unpaired) electrons. The topological polar surface area (TPSA) is 27.7 Å². The molecule has 0 atom stereocenters. The fourth-order valence-electron chi connectivity index (χ4n) is 5.31. The molecule has 3 nitrogen and oxygen atoms in total. The fourth-order valence-corrected chi connectivity index (χ4v) is 5.31. The molecule has 4 rings (SSSR count). The van der Waals surface area contributed by atoms with Gasteiger partial charge in [0.25, 0.3) is 0 Å². The Bertz CT molecular complexity index is 1270. The lowest BCUT2D eigenvalue weighted by molar-refractivity contribution is -0.190. The second kappa shape index (κ2) is 16.1. The smallest absolute Gasteiger partial charge is 0.201 e. The normalized spacial score (nSPS) is 17.0. The standard InChI is InChI=1S/C35H42F4O3/c1-3-5-7-9-10-12-31-41-22-26(23-42-31)29-18-17-27(32(36)33(29)37)24-13-15-25(16-14-24)28-19-20-30(35(39)34(28)38)40-21-11-8-6-4-2/h13-20,26,31H,3-12,21-23H2,1-2H3. The van der Waals surface area contributed by atoms with E-state index in [2.05, 4.69) is 13.8 Å². The summed E-state index contributed by atoms with van der Waals surface area (Å²) in [6.07, 6.45) is 10.2. The van der Waals surface area contributed by atoms with E-state index >= 15 is 8.78 Å². The molecule has 0 bridgehead atoms. The number of unbranched alkanes of at least 4 members (excludes halogenated alkanes) is 7. The molecule has 228 valence electrons. The summed E-state index contributed by atoms with van der Waals surface area (Å²) in [5, 5.41) is 0. The summed E-state index contributed by atoms with van der Waals surface area (Å²) in [5.74, 6) is -4.45. The predicted molar refractivity (Wildman–Crippen MR) is 159 cm³/mol. The molecule has 3 aromatic rings. The fraction of sp³-hybridized carbons (Fsp3) is 0.486. The van der Waals surface area contributed by atoms with Crippen molar-refractivity contribution in [1.82, 2.24) is 0 Å². The summed E-state index contributed by atoms with van der Waals surface area (Å²) in [6.45, 7) is 5.15. The molecular weight excluding hydrogens is 544 g/mol. The maximum absolute atomic E-state index is 15.2. The number of rotatable bonds is 15. The molecule has 0 spiro atoms. The average molecular weight is 587 g/mol. The summed E-state index contributed by atoms with van der Waals surface area (Å²) >= 11 is 0. The van der Waals surface area contributed by atoms with E-state index in [9.17, 15) is 8.78 Å². The molecule has 0 unspecified atom stereocenters. The van der Waals surface area contributed by atoms with Crippen molar-refractivity contribution >= 4 is 0 Å². The van der Waals surface area contributed by atoms with Crippen molar-refractivity contribution in [3.63, 3.8) is 0 Å². The minimum Gasteiger partial charge on any atom is -0.490 e. The second-order valence-electron chi connectivity index (χ2n) is 11.1. The third-order valence-corrected chi connectivity index (χ3v) is 7.87. The number of benzene rings is 3. The first-order chi connectivity index (χ1) is 20.4. The van der Waals surface area contributed by atoms with E-state index in [1.165, 1.54) is 37.5 Å². The molecule has 0 aromatic heterocycles. The molecule has 3 aromatic carbocycles. The van der Waals surface area contributed by atoms with Crippen LogP contribution in [-0.4, -0.2) is 26.1 Å². The van der Waals surface area contributed by atoms with E-state index in [4.69, 9.17) is 14.2 Å². The van der Waals surface area contributed by atoms with E-state index in [1.807, 2.05) is 0 Å². The maximum Gasteiger partial charge on any atom is 0.201 e. The van der Waals surface area contributed by atoms with Gasteiger partial charge in [-0.05, 0) is 48.1 Å². The first-order valence-electron chi connectivity index (χ1n) is 15.4. The number of halogens is 4. The van der Waals surface area contributed by atoms with Gasteiger partial charge in [0.2, 0.25) is 5.82 Å². The lowest BCUT2D eigenvalue weighted by Crippen LogP contribution is -2.31. The lowest BCUT2D eigenvalue weighted by atomic mass is 9.94. The van der Waals surface area contributed by atoms with Gasteiger partial charge in [-0.1, -0.05) is 95.2 Å². The summed E-state index contributed by atoms with van der Waals surface area (Å²) in [5.41, 5.74) is 1.21. The Hall–Kier alpha value is -2.90. The van der Waals surface area contributed by atoms with Gasteiger partial charge < -0.3 is 14.2 Å². The second-order valence-corrected chi connectivity index (χ2v) is 11.1. The van der Waals surface area contributed by atoms with Gasteiger partial charge in [-0.15, -0.1) is 0 Å². The SMILES string of the molecule is CCCCCCCC1OCC(c2ccc(-c3ccc(-c4ccc(OCCCCCC)c(F)c4F)cc3)c(F)c2F)CO1. The van der Waals surface area contributed by atoms with Crippen molar-refractivity contribution < 1.29 is 31.8 Å². The first-order valence-corrected chi connectivity index (χ1v) is 15.4. The van der Waals surface area contributed by atoms with Gasteiger partial charge in [-0.2, -0.15) is 4.39 Å². The molecule has 7 heteroatoms. The van der Waals surface area contributed by atoms with Gasteiger partial charge in [-0.3, -0.25) is 0 Å². The molecule has 42 heavy (non-hydrogen) atoms. The van der Waals surface area contributed by atoms with Gasteiger partial charge in [0.05, 0.1) is 19.8 Å². The van der Waals surface area contributed by atoms with Crippen molar-refractivity contribution in [3.8, 4) is 28.0 Å². The summed E-state index contributed by atoms with van der Waals surface area (Å²) in [6, 6.07) is 12.3. The van der Waals surface area contributed by atoms with Gasteiger partial charge in [0.15, 0.2) is 29.5 Å². The van der Waals surface area contributed by atoms with Crippen molar-refractivity contribution in [2.45, 2.75) is 90.3 Å². The predicted octanol–water partition coefficient (Wildman–Crippen LogP) is 10.4. The number of hydrogen-bond acceptors (Lipinski definition) is 3. The third kappa shape index (κ3) is 8.13. The molecular formula is C35H42F4O3. The Kier molecular flexibility index (Phi) is 12.3. The molecule has 1 aliphatic rings. The van der Waals surface area contributed by atoms with Crippen LogP contribution in [0.5, 0.6) is 5.75 Å². The minimum absolute atomic E-state index is 0.0657. The molecule has 1 saturated heterocycles. The van der Waals surface area contributed by atoms with Gasteiger partial charge in [0.1, 0.15) is 0 Å². The van der Waals surface area contributed by atoms with Crippen LogP contribution in [0.25, 0.3) is 22.3 Å². The van der Waals surface area contributed by atoms with Gasteiger partial charge >= 0.3 is 0 Å². The van der Waals surface area contributed by atoms with Crippen LogP contribution in [0.4, 0.5) is 17.6 Å². The van der Waals surface area contributed by atoms with E-state index in [0.29, 0.717) is 17.7 Å². The summed E-state index contributed by atoms with van der Waals surface area (Å²) in [4.78, 5) is 0. The summed E-state index contributed by atoms with van der Waals surface area (Å²) in [7, 11) is 0. The highest BCUT2D eigenvalue weighted by Crippen LogP contribution is 2.35. The van der Waals surface area contributed by atoms with Gasteiger partial charge in [0, 0.05) is 17.0 Å². The summed E-state index contributed by atoms with van der Waals surface area (Å²) < 4.78 is 77.0. The van der Waals surface area contributed by atoms with Crippen LogP contribution in [0.3, 0.4) is 0 Å². The average Bonchev–Trinajstić information content (AvgIpc) is 3.01. The molecule has 1 heterocycles. The zero-order valence-corrected chi connectivity index (χ0v) is 24.7.